The molecule has 32 heavy (non-hydrogen) atoms. The monoisotopic (exact) mass is 425 g/mol. The number of nitrogens with zero attached hydrogens (tertiary/aromatic N) is 5. The van der Waals surface area contributed by atoms with Gasteiger partial charge < -0.3 is 9.47 Å². The van der Waals surface area contributed by atoms with Crippen molar-refractivity contribution in [3.8, 4) is 11.1 Å². The molecule has 1 saturated heterocycles. The number of anilines is 1. The predicted molar refractivity (Wildman–Crippen MR) is 125 cm³/mol. The van der Waals surface area contributed by atoms with Gasteiger partial charge in [0.25, 0.3) is 0 Å². The minimum absolute atomic E-state index is 0.241. The van der Waals surface area contributed by atoms with Crippen LogP contribution in [0, 0.1) is 12.4 Å². The van der Waals surface area contributed by atoms with Crippen LogP contribution in [0.4, 0.5) is 16.0 Å². The van der Waals surface area contributed by atoms with Gasteiger partial charge in [0.2, 0.25) is 5.95 Å². The first-order valence-corrected chi connectivity index (χ1v) is 11.0. The molecule has 4 aromatic rings. The summed E-state index contributed by atoms with van der Waals surface area (Å²) >= 11 is 0. The molecule has 0 saturated carbocycles. The molecule has 0 amide bonds. The van der Waals surface area contributed by atoms with E-state index in [4.69, 9.17) is 6.57 Å². The van der Waals surface area contributed by atoms with Crippen LogP contribution in [0.3, 0.4) is 0 Å². The molecule has 2 aromatic heterocycles. The van der Waals surface area contributed by atoms with Crippen LogP contribution >= 0.6 is 0 Å². The number of aryl methyl sites for hydroxylation is 1. The van der Waals surface area contributed by atoms with Crippen molar-refractivity contribution in [2.24, 2.45) is 0 Å². The summed E-state index contributed by atoms with van der Waals surface area (Å²) in [6.07, 6.45) is 8.75. The zero-order valence-electron chi connectivity index (χ0n) is 18.0. The summed E-state index contributed by atoms with van der Waals surface area (Å²) in [6.45, 7) is 10.9. The van der Waals surface area contributed by atoms with Gasteiger partial charge in [-0.05, 0) is 48.6 Å². The van der Waals surface area contributed by atoms with Gasteiger partial charge in [-0.2, -0.15) is 0 Å². The molecule has 2 aromatic carbocycles. The second kappa shape index (κ2) is 8.43. The van der Waals surface area contributed by atoms with Crippen LogP contribution in [0.25, 0.3) is 26.9 Å². The fourth-order valence-electron chi connectivity index (χ4n) is 4.47. The Hall–Kier alpha value is -3.72. The van der Waals surface area contributed by atoms with E-state index in [0.29, 0.717) is 17.3 Å². The normalized spacial score (nSPS) is 14.6. The number of halogens is 1. The van der Waals surface area contributed by atoms with E-state index >= 15 is 4.39 Å². The van der Waals surface area contributed by atoms with Crippen LogP contribution in [0.5, 0.6) is 0 Å². The number of hydrogen-bond donors (Lipinski definition) is 0. The lowest BCUT2D eigenvalue weighted by atomic mass is 10.0. The highest BCUT2D eigenvalue weighted by Crippen LogP contribution is 2.33. The number of rotatable bonds is 4. The third-order valence-electron chi connectivity index (χ3n) is 6.36. The van der Waals surface area contributed by atoms with Crippen LogP contribution in [0.2, 0.25) is 0 Å². The van der Waals surface area contributed by atoms with E-state index in [0.717, 1.165) is 60.3 Å². The van der Waals surface area contributed by atoms with Crippen molar-refractivity contribution in [1.29, 1.82) is 0 Å². The predicted octanol–water partition coefficient (Wildman–Crippen LogP) is 6.19. The summed E-state index contributed by atoms with van der Waals surface area (Å²) in [5.74, 6) is 0.549. The van der Waals surface area contributed by atoms with E-state index < -0.39 is 0 Å². The maximum atomic E-state index is 15.1. The third-order valence-corrected chi connectivity index (χ3v) is 6.36. The molecule has 0 unspecified atom stereocenters. The maximum absolute atomic E-state index is 15.1. The lowest BCUT2D eigenvalue weighted by molar-refractivity contribution is 0.402. The SMILES string of the molecule is [C-]#[N+]c1ccc(-c2cc3ccn(C4CCN(c5ncc(CC)cn5)CC4)c3cc2F)cc1. The first-order valence-electron chi connectivity index (χ1n) is 11.0. The number of fused-ring (bicyclic) bond motifs is 1. The van der Waals surface area contributed by atoms with Crippen molar-refractivity contribution in [1.82, 2.24) is 14.5 Å². The Kier molecular flexibility index (Phi) is 5.32. The Morgan fingerprint density at radius 1 is 1.06 bits per heavy atom. The molecule has 6 heteroatoms. The molecule has 5 rings (SSSR count). The Balaban J connectivity index is 1.36. The van der Waals surface area contributed by atoms with Gasteiger partial charge in [0.1, 0.15) is 5.82 Å². The summed E-state index contributed by atoms with van der Waals surface area (Å²) in [5, 5.41) is 1.02. The van der Waals surface area contributed by atoms with Gasteiger partial charge in [-0.15, -0.1) is 0 Å². The highest BCUT2D eigenvalue weighted by atomic mass is 19.1. The van der Waals surface area contributed by atoms with Gasteiger partial charge in [-0.3, -0.25) is 0 Å². The third kappa shape index (κ3) is 3.71. The average molecular weight is 426 g/mol. The molecule has 3 heterocycles. The summed E-state index contributed by atoms with van der Waals surface area (Å²) in [5.41, 5.74) is 3.97. The first-order chi connectivity index (χ1) is 15.7. The van der Waals surface area contributed by atoms with Crippen molar-refractivity contribution in [2.45, 2.75) is 32.2 Å². The molecule has 1 fully saturated rings. The number of benzene rings is 2. The summed E-state index contributed by atoms with van der Waals surface area (Å²) < 4.78 is 17.3. The van der Waals surface area contributed by atoms with E-state index in [1.54, 1.807) is 30.3 Å². The molecule has 0 radical (unpaired) electrons. The second-order valence-corrected chi connectivity index (χ2v) is 8.24. The van der Waals surface area contributed by atoms with Crippen LogP contribution in [0.1, 0.15) is 31.4 Å². The van der Waals surface area contributed by atoms with E-state index in [-0.39, 0.29) is 5.82 Å². The van der Waals surface area contributed by atoms with Gasteiger partial charge in [0.05, 0.1) is 12.1 Å². The first kappa shape index (κ1) is 20.2. The van der Waals surface area contributed by atoms with Crippen LogP contribution in [-0.4, -0.2) is 27.6 Å². The van der Waals surface area contributed by atoms with Crippen molar-refractivity contribution < 1.29 is 4.39 Å². The van der Waals surface area contributed by atoms with Gasteiger partial charge in [-0.1, -0.05) is 31.2 Å². The van der Waals surface area contributed by atoms with Crippen molar-refractivity contribution in [3.63, 3.8) is 0 Å². The fourth-order valence-corrected chi connectivity index (χ4v) is 4.47. The largest absolute Gasteiger partial charge is 0.344 e. The van der Waals surface area contributed by atoms with Crippen molar-refractivity contribution >= 4 is 22.5 Å². The lowest BCUT2D eigenvalue weighted by Gasteiger charge is -2.33. The lowest BCUT2D eigenvalue weighted by Crippen LogP contribution is -2.35. The van der Waals surface area contributed by atoms with Gasteiger partial charge in [0, 0.05) is 48.7 Å². The molecule has 5 nitrogen and oxygen atoms in total. The van der Waals surface area contributed by atoms with Crippen LogP contribution in [0.15, 0.2) is 61.1 Å². The smallest absolute Gasteiger partial charge is 0.225 e. The molecule has 0 atom stereocenters. The topological polar surface area (TPSA) is 38.3 Å². The number of hydrogen-bond acceptors (Lipinski definition) is 3. The summed E-state index contributed by atoms with van der Waals surface area (Å²) in [4.78, 5) is 14.7. The molecular formula is C26H24FN5. The highest BCUT2D eigenvalue weighted by Gasteiger charge is 2.23. The molecule has 1 aliphatic rings. The van der Waals surface area contributed by atoms with Gasteiger partial charge in [0.15, 0.2) is 5.69 Å². The number of piperidine rings is 1. The number of aromatic nitrogens is 3. The Morgan fingerprint density at radius 2 is 1.78 bits per heavy atom. The molecule has 0 aliphatic carbocycles. The van der Waals surface area contributed by atoms with E-state index in [9.17, 15) is 0 Å². The minimum atomic E-state index is -0.241. The summed E-state index contributed by atoms with van der Waals surface area (Å²) in [6, 6.07) is 13.0. The fraction of sp³-hybridized carbons (Fsp3) is 0.269. The van der Waals surface area contributed by atoms with E-state index in [2.05, 4.69) is 43.5 Å². The molecule has 0 bridgehead atoms. The second-order valence-electron chi connectivity index (χ2n) is 8.24. The minimum Gasteiger partial charge on any atom is -0.344 e. The van der Waals surface area contributed by atoms with E-state index in [1.807, 2.05) is 18.5 Å². The molecule has 1 aliphatic heterocycles. The average Bonchev–Trinajstić information content (AvgIpc) is 3.26. The van der Waals surface area contributed by atoms with E-state index in [1.165, 1.54) is 0 Å². The Bertz CT molecular complexity index is 1280. The quantitative estimate of drug-likeness (QED) is 0.366. The molecule has 0 spiro atoms. The Labute approximate surface area is 187 Å². The van der Waals surface area contributed by atoms with Crippen molar-refractivity contribution in [2.75, 3.05) is 18.0 Å². The van der Waals surface area contributed by atoms with Crippen LogP contribution in [-0.2, 0) is 6.42 Å². The van der Waals surface area contributed by atoms with Crippen LogP contribution < -0.4 is 4.90 Å². The molecular weight excluding hydrogens is 401 g/mol. The zero-order valence-corrected chi connectivity index (χ0v) is 18.0. The van der Waals surface area contributed by atoms with Gasteiger partial charge >= 0.3 is 0 Å². The molecule has 0 N–H and O–H groups in total. The maximum Gasteiger partial charge on any atom is 0.225 e. The molecule has 160 valence electrons. The Morgan fingerprint density at radius 3 is 2.44 bits per heavy atom. The van der Waals surface area contributed by atoms with Gasteiger partial charge in [-0.25, -0.2) is 19.2 Å². The summed E-state index contributed by atoms with van der Waals surface area (Å²) in [7, 11) is 0. The highest BCUT2D eigenvalue weighted by molar-refractivity contribution is 5.86. The zero-order chi connectivity index (χ0) is 22.1. The standard InChI is InChI=1S/C26H24FN5/c1-3-18-16-29-26(30-17-18)31-11-9-22(10-12-31)32-13-8-20-14-23(24(27)15-25(20)32)19-4-6-21(28-2)7-5-19/h4-8,13-17,22H,3,9-12H2,1H3. The van der Waals surface area contributed by atoms with Crippen molar-refractivity contribution in [3.05, 3.63) is 83.9 Å².